The van der Waals surface area contributed by atoms with Gasteiger partial charge in [0.25, 0.3) is 0 Å². The summed E-state index contributed by atoms with van der Waals surface area (Å²) in [5.41, 5.74) is 3.91. The van der Waals surface area contributed by atoms with Crippen molar-refractivity contribution < 1.29 is 9.47 Å². The highest BCUT2D eigenvalue weighted by atomic mass is 32.1. The molecule has 160 valence electrons. The van der Waals surface area contributed by atoms with E-state index in [2.05, 4.69) is 38.6 Å². The van der Waals surface area contributed by atoms with Gasteiger partial charge >= 0.3 is 0 Å². The van der Waals surface area contributed by atoms with Crippen LogP contribution in [0.15, 0.2) is 48.0 Å². The van der Waals surface area contributed by atoms with Crippen molar-refractivity contribution in [2.24, 2.45) is 0 Å². The van der Waals surface area contributed by atoms with Crippen LogP contribution < -0.4 is 10.1 Å². The standard InChI is InChI=1S/C23H25N5O2S/c1-16-14-20(31-15-16)21-19-6-7-24-22(19)27-23(26-21)25-17-2-4-18(5-3-17)30-13-10-28-8-11-29-12-9-28/h2-7,14-15H,8-13H2,1H3,(H2,24,25,26,27). The Morgan fingerprint density at radius 2 is 2.00 bits per heavy atom. The Hall–Kier alpha value is -2.94. The van der Waals surface area contributed by atoms with Gasteiger partial charge < -0.3 is 19.8 Å². The second-order valence-corrected chi connectivity index (χ2v) is 8.49. The molecule has 1 saturated heterocycles. The number of aryl methyl sites for hydroxylation is 1. The van der Waals surface area contributed by atoms with E-state index in [-0.39, 0.29) is 0 Å². The van der Waals surface area contributed by atoms with Gasteiger partial charge in [-0.2, -0.15) is 4.98 Å². The first-order chi connectivity index (χ1) is 15.2. The molecule has 0 atom stereocenters. The van der Waals surface area contributed by atoms with Gasteiger partial charge in [-0.15, -0.1) is 11.3 Å². The third-order valence-electron chi connectivity index (χ3n) is 5.27. The highest BCUT2D eigenvalue weighted by Crippen LogP contribution is 2.32. The van der Waals surface area contributed by atoms with Crippen molar-refractivity contribution in [2.75, 3.05) is 44.8 Å². The molecule has 0 aliphatic carbocycles. The lowest BCUT2D eigenvalue weighted by molar-refractivity contribution is 0.0322. The van der Waals surface area contributed by atoms with Crippen LogP contribution in [0.2, 0.25) is 0 Å². The molecule has 31 heavy (non-hydrogen) atoms. The van der Waals surface area contributed by atoms with Crippen LogP contribution in [0.1, 0.15) is 5.56 Å². The Bertz CT molecular complexity index is 1150. The third kappa shape index (κ3) is 4.71. The quantitative estimate of drug-likeness (QED) is 0.447. The summed E-state index contributed by atoms with van der Waals surface area (Å²) in [6.45, 7) is 7.25. The number of hydrogen-bond donors (Lipinski definition) is 2. The molecule has 1 fully saturated rings. The van der Waals surface area contributed by atoms with Crippen LogP contribution in [0.25, 0.3) is 21.6 Å². The fourth-order valence-electron chi connectivity index (χ4n) is 3.62. The van der Waals surface area contributed by atoms with Crippen LogP contribution in [0.4, 0.5) is 11.6 Å². The van der Waals surface area contributed by atoms with Crippen LogP contribution in [-0.2, 0) is 4.74 Å². The first-order valence-corrected chi connectivity index (χ1v) is 11.3. The average molecular weight is 436 g/mol. The van der Waals surface area contributed by atoms with Crippen molar-refractivity contribution in [2.45, 2.75) is 6.92 Å². The summed E-state index contributed by atoms with van der Waals surface area (Å²) in [6, 6.07) is 12.1. The van der Waals surface area contributed by atoms with Gasteiger partial charge in [0.1, 0.15) is 18.0 Å². The van der Waals surface area contributed by atoms with E-state index in [1.54, 1.807) is 11.3 Å². The second kappa shape index (κ2) is 9.05. The molecule has 4 heterocycles. The SMILES string of the molecule is Cc1csc(-c2nc(Nc3ccc(OCCN4CCOCC4)cc3)nc3[nH]ccc23)c1. The number of benzene rings is 1. The molecule has 7 nitrogen and oxygen atoms in total. The van der Waals surface area contributed by atoms with Crippen molar-refractivity contribution >= 4 is 34.0 Å². The van der Waals surface area contributed by atoms with E-state index in [4.69, 9.17) is 14.5 Å². The minimum Gasteiger partial charge on any atom is -0.492 e. The van der Waals surface area contributed by atoms with Crippen molar-refractivity contribution in [1.82, 2.24) is 19.9 Å². The van der Waals surface area contributed by atoms with E-state index in [0.717, 1.165) is 65.9 Å². The maximum absolute atomic E-state index is 5.90. The number of thiophene rings is 1. The zero-order valence-electron chi connectivity index (χ0n) is 17.4. The second-order valence-electron chi connectivity index (χ2n) is 7.58. The van der Waals surface area contributed by atoms with Crippen molar-refractivity contribution in [3.63, 3.8) is 0 Å². The lowest BCUT2D eigenvalue weighted by Gasteiger charge is -2.26. The van der Waals surface area contributed by atoms with Crippen LogP contribution in [0.5, 0.6) is 5.75 Å². The van der Waals surface area contributed by atoms with Crippen LogP contribution in [0, 0.1) is 6.92 Å². The number of nitrogens with zero attached hydrogens (tertiary/aromatic N) is 3. The number of hydrogen-bond acceptors (Lipinski definition) is 7. The number of morpholine rings is 1. The van der Waals surface area contributed by atoms with Gasteiger partial charge in [-0.25, -0.2) is 4.98 Å². The maximum atomic E-state index is 5.90. The topological polar surface area (TPSA) is 75.3 Å². The molecule has 4 aromatic rings. The predicted octanol–water partition coefficient (Wildman–Crippen LogP) is 4.45. The summed E-state index contributed by atoms with van der Waals surface area (Å²) in [4.78, 5) is 16.1. The number of anilines is 2. The first-order valence-electron chi connectivity index (χ1n) is 10.5. The van der Waals surface area contributed by atoms with E-state index < -0.39 is 0 Å². The van der Waals surface area contributed by atoms with E-state index in [0.29, 0.717) is 12.6 Å². The fraction of sp³-hybridized carbons (Fsp3) is 0.304. The van der Waals surface area contributed by atoms with Crippen molar-refractivity contribution in [1.29, 1.82) is 0 Å². The number of ether oxygens (including phenoxy) is 2. The first kappa shape index (κ1) is 20.0. The largest absolute Gasteiger partial charge is 0.492 e. The normalized spacial score (nSPS) is 14.7. The van der Waals surface area contributed by atoms with Crippen LogP contribution in [-0.4, -0.2) is 59.3 Å². The summed E-state index contributed by atoms with van der Waals surface area (Å²) in [5, 5.41) is 6.49. The van der Waals surface area contributed by atoms with E-state index in [1.807, 2.05) is 36.5 Å². The Labute approximate surface area is 185 Å². The number of rotatable bonds is 7. The number of H-pyrrole nitrogens is 1. The highest BCUT2D eigenvalue weighted by Gasteiger charge is 2.13. The van der Waals surface area contributed by atoms with Gasteiger partial charge in [-0.05, 0) is 54.3 Å². The van der Waals surface area contributed by atoms with Gasteiger partial charge in [-0.1, -0.05) is 0 Å². The van der Waals surface area contributed by atoms with Crippen LogP contribution >= 0.6 is 11.3 Å². The molecular formula is C23H25N5O2S. The summed E-state index contributed by atoms with van der Waals surface area (Å²) in [7, 11) is 0. The Morgan fingerprint density at radius 3 is 2.77 bits per heavy atom. The molecule has 3 aromatic heterocycles. The predicted molar refractivity (Wildman–Crippen MR) is 124 cm³/mol. The lowest BCUT2D eigenvalue weighted by Crippen LogP contribution is -2.38. The monoisotopic (exact) mass is 435 g/mol. The smallest absolute Gasteiger partial charge is 0.229 e. The van der Waals surface area contributed by atoms with Gasteiger partial charge in [0, 0.05) is 36.9 Å². The Balaban J connectivity index is 1.26. The zero-order chi connectivity index (χ0) is 21.0. The zero-order valence-corrected chi connectivity index (χ0v) is 18.2. The van der Waals surface area contributed by atoms with E-state index in [1.165, 1.54) is 5.56 Å². The van der Waals surface area contributed by atoms with Gasteiger partial charge in [-0.3, -0.25) is 4.90 Å². The molecule has 0 radical (unpaired) electrons. The summed E-state index contributed by atoms with van der Waals surface area (Å²) < 4.78 is 11.3. The number of nitrogens with one attached hydrogen (secondary N) is 2. The number of aromatic nitrogens is 3. The Kier molecular flexibility index (Phi) is 5.84. The molecule has 0 unspecified atom stereocenters. The van der Waals surface area contributed by atoms with Crippen LogP contribution in [0.3, 0.4) is 0 Å². The number of aromatic amines is 1. The lowest BCUT2D eigenvalue weighted by atomic mass is 10.2. The molecule has 5 rings (SSSR count). The highest BCUT2D eigenvalue weighted by molar-refractivity contribution is 7.13. The van der Waals surface area contributed by atoms with E-state index in [9.17, 15) is 0 Å². The molecule has 1 aliphatic rings. The minimum absolute atomic E-state index is 0.567. The molecule has 1 aliphatic heterocycles. The molecule has 1 aromatic carbocycles. The molecule has 0 spiro atoms. The summed E-state index contributed by atoms with van der Waals surface area (Å²) in [6.07, 6.45) is 1.90. The summed E-state index contributed by atoms with van der Waals surface area (Å²) in [5.74, 6) is 1.42. The minimum atomic E-state index is 0.567. The molecule has 0 amide bonds. The van der Waals surface area contributed by atoms with Gasteiger partial charge in [0.2, 0.25) is 5.95 Å². The Morgan fingerprint density at radius 1 is 1.16 bits per heavy atom. The number of fused-ring (bicyclic) bond motifs is 1. The molecule has 0 bridgehead atoms. The van der Waals surface area contributed by atoms with Gasteiger partial charge in [0.15, 0.2) is 0 Å². The third-order valence-corrected chi connectivity index (χ3v) is 6.32. The molecule has 2 N–H and O–H groups in total. The average Bonchev–Trinajstić information content (AvgIpc) is 3.44. The summed E-state index contributed by atoms with van der Waals surface area (Å²) >= 11 is 1.70. The van der Waals surface area contributed by atoms with Gasteiger partial charge in [0.05, 0.1) is 23.8 Å². The maximum Gasteiger partial charge on any atom is 0.229 e. The van der Waals surface area contributed by atoms with Crippen molar-refractivity contribution in [3.8, 4) is 16.3 Å². The fourth-order valence-corrected chi connectivity index (χ4v) is 4.52. The molecule has 0 saturated carbocycles. The molecule has 8 heteroatoms. The van der Waals surface area contributed by atoms with E-state index >= 15 is 0 Å². The molecular weight excluding hydrogens is 410 g/mol. The van der Waals surface area contributed by atoms with Crippen molar-refractivity contribution in [3.05, 3.63) is 53.5 Å².